The van der Waals surface area contributed by atoms with Gasteiger partial charge in [-0.05, 0) is 43.6 Å². The molecule has 3 N–H and O–H groups in total. The number of carbonyl (C=O) groups excluding carboxylic acids is 1. The van der Waals surface area contributed by atoms with Gasteiger partial charge in [0.05, 0.1) is 12.2 Å². The third-order valence-corrected chi connectivity index (χ3v) is 4.05. The fourth-order valence-electron chi connectivity index (χ4n) is 2.50. The number of rotatable bonds is 2. The van der Waals surface area contributed by atoms with Gasteiger partial charge in [0.25, 0.3) is 5.91 Å². The molecule has 1 aromatic carbocycles. The van der Waals surface area contributed by atoms with Gasteiger partial charge >= 0.3 is 0 Å². The summed E-state index contributed by atoms with van der Waals surface area (Å²) in [5, 5.41) is 6.70. The van der Waals surface area contributed by atoms with Gasteiger partial charge in [-0.3, -0.25) is 4.79 Å². The molecule has 21 heavy (non-hydrogen) atoms. The van der Waals surface area contributed by atoms with E-state index in [-0.39, 0.29) is 17.6 Å². The van der Waals surface area contributed by atoms with Gasteiger partial charge in [-0.2, -0.15) is 0 Å². The van der Waals surface area contributed by atoms with E-state index in [4.69, 9.17) is 10.5 Å². The summed E-state index contributed by atoms with van der Waals surface area (Å²) < 4.78 is 9.66. The highest BCUT2D eigenvalue weighted by Gasteiger charge is 2.34. The molecule has 1 atom stereocenters. The quantitative estimate of drug-likeness (QED) is 0.830. The minimum Gasteiger partial charge on any atom is -0.487 e. The fourth-order valence-corrected chi connectivity index (χ4v) is 2.92. The van der Waals surface area contributed by atoms with Crippen molar-refractivity contribution in [2.75, 3.05) is 5.73 Å². The van der Waals surface area contributed by atoms with Crippen molar-refractivity contribution in [1.82, 2.24) is 14.9 Å². The molecule has 0 radical (unpaired) electrons. The van der Waals surface area contributed by atoms with Crippen molar-refractivity contribution in [3.05, 3.63) is 34.8 Å². The summed E-state index contributed by atoms with van der Waals surface area (Å²) in [5.74, 6) is 0.578. The largest absolute Gasteiger partial charge is 0.487 e. The van der Waals surface area contributed by atoms with E-state index < -0.39 is 0 Å². The van der Waals surface area contributed by atoms with Crippen molar-refractivity contribution in [2.45, 2.75) is 31.9 Å². The van der Waals surface area contributed by atoms with Gasteiger partial charge in [-0.15, -0.1) is 5.10 Å². The molecule has 3 rings (SSSR count). The molecule has 0 fully saturated rings. The average Bonchev–Trinajstić information content (AvgIpc) is 2.93. The first-order chi connectivity index (χ1) is 9.94. The molecule has 1 aromatic heterocycles. The third-order valence-electron chi connectivity index (χ3n) is 3.38. The van der Waals surface area contributed by atoms with E-state index in [2.05, 4.69) is 14.9 Å². The summed E-state index contributed by atoms with van der Waals surface area (Å²) >= 11 is 1.07. The van der Waals surface area contributed by atoms with E-state index >= 15 is 0 Å². The highest BCUT2D eigenvalue weighted by atomic mass is 32.1. The van der Waals surface area contributed by atoms with Gasteiger partial charge in [0, 0.05) is 17.7 Å². The van der Waals surface area contributed by atoms with Crippen molar-refractivity contribution < 1.29 is 9.53 Å². The summed E-state index contributed by atoms with van der Waals surface area (Å²) in [4.78, 5) is 12.7. The molecule has 7 heteroatoms. The van der Waals surface area contributed by atoms with Crippen LogP contribution < -0.4 is 15.8 Å². The highest BCUT2D eigenvalue weighted by Crippen LogP contribution is 2.40. The van der Waals surface area contributed by atoms with Crippen molar-refractivity contribution >= 4 is 23.1 Å². The molecule has 1 aliphatic rings. The van der Waals surface area contributed by atoms with Crippen molar-refractivity contribution in [2.24, 2.45) is 0 Å². The van der Waals surface area contributed by atoms with Crippen LogP contribution in [0, 0.1) is 0 Å². The zero-order valence-electron chi connectivity index (χ0n) is 11.8. The van der Waals surface area contributed by atoms with Gasteiger partial charge in [0.15, 0.2) is 0 Å². The van der Waals surface area contributed by atoms with E-state index in [1.807, 2.05) is 26.0 Å². The van der Waals surface area contributed by atoms with E-state index in [9.17, 15) is 4.79 Å². The van der Waals surface area contributed by atoms with Crippen LogP contribution in [-0.4, -0.2) is 21.1 Å². The Kier molecular flexibility index (Phi) is 3.29. The number of benzene rings is 1. The third kappa shape index (κ3) is 2.82. The molecular weight excluding hydrogens is 288 g/mol. The number of fused-ring (bicyclic) bond motifs is 1. The molecule has 110 valence electrons. The molecule has 0 saturated carbocycles. The zero-order chi connectivity index (χ0) is 15.0. The number of nitrogens with one attached hydrogen (secondary N) is 1. The molecule has 1 amide bonds. The molecule has 1 unspecified atom stereocenters. The SMILES string of the molecule is CC1(C)CC(NC(=O)c2cnns2)c2cc(N)ccc2O1. The van der Waals surface area contributed by atoms with Crippen LogP contribution in [0.5, 0.6) is 5.75 Å². The topological polar surface area (TPSA) is 90.1 Å². The fraction of sp³-hybridized carbons (Fsp3) is 0.357. The van der Waals surface area contributed by atoms with Crippen LogP contribution in [0.15, 0.2) is 24.4 Å². The summed E-state index contributed by atoms with van der Waals surface area (Å²) in [6, 6.07) is 5.34. The number of amides is 1. The molecule has 0 aliphatic carbocycles. The molecule has 2 aromatic rings. The Morgan fingerprint density at radius 1 is 1.52 bits per heavy atom. The summed E-state index contributed by atoms with van der Waals surface area (Å²) in [7, 11) is 0. The van der Waals surface area contributed by atoms with Crippen LogP contribution >= 0.6 is 11.5 Å². The Balaban J connectivity index is 1.91. The maximum Gasteiger partial charge on any atom is 0.265 e. The number of hydrogen-bond acceptors (Lipinski definition) is 6. The van der Waals surface area contributed by atoms with Gasteiger partial charge in [-0.25, -0.2) is 0 Å². The van der Waals surface area contributed by atoms with E-state index in [1.165, 1.54) is 6.20 Å². The molecule has 6 nitrogen and oxygen atoms in total. The highest BCUT2D eigenvalue weighted by molar-refractivity contribution is 7.07. The first-order valence-electron chi connectivity index (χ1n) is 6.61. The van der Waals surface area contributed by atoms with Crippen molar-refractivity contribution in [3.8, 4) is 5.75 Å². The second-order valence-electron chi connectivity index (χ2n) is 5.67. The Hall–Kier alpha value is -2.15. The number of nitrogen functional groups attached to an aromatic ring is 1. The normalized spacial score (nSPS) is 19.4. The second kappa shape index (κ2) is 5.00. The van der Waals surface area contributed by atoms with Gasteiger partial charge in [0.1, 0.15) is 16.2 Å². The maximum atomic E-state index is 12.2. The van der Waals surface area contributed by atoms with E-state index in [1.54, 1.807) is 6.07 Å². The van der Waals surface area contributed by atoms with Crippen molar-refractivity contribution in [1.29, 1.82) is 0 Å². The summed E-state index contributed by atoms with van der Waals surface area (Å²) in [6.07, 6.45) is 2.13. The number of nitrogens with zero attached hydrogens (tertiary/aromatic N) is 2. The summed E-state index contributed by atoms with van der Waals surface area (Å²) in [5.41, 5.74) is 7.05. The lowest BCUT2D eigenvalue weighted by molar-refractivity contribution is 0.0621. The van der Waals surface area contributed by atoms with Crippen LogP contribution in [0.25, 0.3) is 0 Å². The smallest absolute Gasteiger partial charge is 0.265 e. The van der Waals surface area contributed by atoms with Crippen LogP contribution in [0.2, 0.25) is 0 Å². The molecule has 0 saturated heterocycles. The lowest BCUT2D eigenvalue weighted by Gasteiger charge is -2.38. The average molecular weight is 304 g/mol. The van der Waals surface area contributed by atoms with Gasteiger partial charge in [-0.1, -0.05) is 4.49 Å². The molecule has 0 bridgehead atoms. The van der Waals surface area contributed by atoms with Gasteiger partial charge in [0.2, 0.25) is 0 Å². The Morgan fingerprint density at radius 3 is 3.05 bits per heavy atom. The van der Waals surface area contributed by atoms with Crippen LogP contribution in [0.3, 0.4) is 0 Å². The first-order valence-corrected chi connectivity index (χ1v) is 7.39. The molecule has 1 aliphatic heterocycles. The molecule has 2 heterocycles. The van der Waals surface area contributed by atoms with E-state index in [0.717, 1.165) is 22.8 Å². The minimum absolute atomic E-state index is 0.151. The monoisotopic (exact) mass is 304 g/mol. The second-order valence-corrected chi connectivity index (χ2v) is 6.46. The predicted octanol–water partition coefficient (Wildman–Crippen LogP) is 2.15. The number of anilines is 1. The van der Waals surface area contributed by atoms with Gasteiger partial charge < -0.3 is 15.8 Å². The Morgan fingerprint density at radius 2 is 2.33 bits per heavy atom. The lowest BCUT2D eigenvalue weighted by Crippen LogP contribution is -2.41. The van der Waals surface area contributed by atoms with Crippen molar-refractivity contribution in [3.63, 3.8) is 0 Å². The number of ether oxygens (including phenoxy) is 1. The zero-order valence-corrected chi connectivity index (χ0v) is 12.6. The first kappa shape index (κ1) is 13.8. The van der Waals surface area contributed by atoms with Crippen LogP contribution in [0.4, 0.5) is 5.69 Å². The molecule has 0 spiro atoms. The Bertz CT molecular complexity index is 670. The van der Waals surface area contributed by atoms with E-state index in [0.29, 0.717) is 17.0 Å². The Labute approximate surface area is 126 Å². The predicted molar refractivity (Wildman–Crippen MR) is 80.3 cm³/mol. The number of carbonyl (C=O) groups is 1. The maximum absolute atomic E-state index is 12.2. The summed E-state index contributed by atoms with van der Waals surface area (Å²) in [6.45, 7) is 4.00. The number of hydrogen-bond donors (Lipinski definition) is 2. The van der Waals surface area contributed by atoms with Crippen LogP contribution in [-0.2, 0) is 0 Å². The molecular formula is C14H16N4O2S. The number of nitrogens with two attached hydrogens (primary N) is 1. The van der Waals surface area contributed by atoms with Crippen LogP contribution in [0.1, 0.15) is 41.5 Å². The number of aromatic nitrogens is 2. The lowest BCUT2D eigenvalue weighted by atomic mass is 9.89. The standard InChI is InChI=1S/C14H16N4O2S/c1-14(2)6-10(17-13(19)12-7-16-18-21-12)9-5-8(15)3-4-11(9)20-14/h3-5,7,10H,6,15H2,1-2H3,(H,17,19). The minimum atomic E-state index is -0.354.